The molecule has 0 spiro atoms. The van der Waals surface area contributed by atoms with Crippen molar-refractivity contribution in [1.82, 2.24) is 5.32 Å². The van der Waals surface area contributed by atoms with Gasteiger partial charge in [0.15, 0.2) is 6.10 Å². The van der Waals surface area contributed by atoms with Crippen molar-refractivity contribution in [3.8, 4) is 5.75 Å². The number of fused-ring (bicyclic) bond motifs is 1. The lowest BCUT2D eigenvalue weighted by Crippen LogP contribution is -2.46. The van der Waals surface area contributed by atoms with Crippen LogP contribution < -0.4 is 15.7 Å². The molecule has 0 aliphatic rings. The summed E-state index contributed by atoms with van der Waals surface area (Å²) in [6, 6.07) is 5.68. The predicted molar refractivity (Wildman–Crippen MR) is 110 cm³/mol. The molecule has 29 heavy (non-hydrogen) atoms. The van der Waals surface area contributed by atoms with E-state index in [1.165, 1.54) is 6.07 Å². The SMILES string of the molecule is CCCCc1cc(=O)oc2cc(O[C@@H](C)C(=O)N[C@@H](CCCC)C(=O)O)ccc12. The van der Waals surface area contributed by atoms with Gasteiger partial charge < -0.3 is 19.6 Å². The van der Waals surface area contributed by atoms with Crippen LogP contribution in [-0.2, 0) is 16.0 Å². The second kappa shape index (κ2) is 10.6. The van der Waals surface area contributed by atoms with Gasteiger partial charge in [-0.05, 0) is 43.9 Å². The van der Waals surface area contributed by atoms with Gasteiger partial charge in [-0.15, -0.1) is 0 Å². The van der Waals surface area contributed by atoms with E-state index in [2.05, 4.69) is 12.2 Å². The molecular weight excluding hydrogens is 374 g/mol. The standard InChI is InChI=1S/C22H29NO6/c1-4-6-8-15-12-20(24)29-19-13-16(10-11-17(15)19)28-14(3)21(25)23-18(22(26)27)9-7-5-2/h10-14,18H,4-9H2,1-3H3,(H,23,25)(H,26,27)/t14-,18-/m0/s1. The van der Waals surface area contributed by atoms with Crippen molar-refractivity contribution >= 4 is 22.8 Å². The minimum Gasteiger partial charge on any atom is -0.481 e. The number of unbranched alkanes of at least 4 members (excludes halogenated alkanes) is 2. The topological polar surface area (TPSA) is 106 Å². The van der Waals surface area contributed by atoms with E-state index in [-0.39, 0.29) is 0 Å². The van der Waals surface area contributed by atoms with E-state index >= 15 is 0 Å². The number of benzene rings is 1. The first-order valence-corrected chi connectivity index (χ1v) is 10.1. The Balaban J connectivity index is 2.13. The van der Waals surface area contributed by atoms with Crippen LogP contribution in [0.3, 0.4) is 0 Å². The highest BCUT2D eigenvalue weighted by Gasteiger charge is 2.23. The monoisotopic (exact) mass is 403 g/mol. The number of rotatable bonds is 11. The van der Waals surface area contributed by atoms with Gasteiger partial charge >= 0.3 is 11.6 Å². The summed E-state index contributed by atoms with van der Waals surface area (Å²) in [7, 11) is 0. The summed E-state index contributed by atoms with van der Waals surface area (Å²) in [6.07, 6.45) is 3.79. The summed E-state index contributed by atoms with van der Waals surface area (Å²) in [5.41, 5.74) is 0.905. The molecular formula is C22H29NO6. The van der Waals surface area contributed by atoms with Gasteiger partial charge in [0, 0.05) is 17.5 Å². The fourth-order valence-electron chi connectivity index (χ4n) is 3.07. The highest BCUT2D eigenvalue weighted by molar-refractivity contribution is 5.86. The third-order valence-corrected chi connectivity index (χ3v) is 4.74. The van der Waals surface area contributed by atoms with E-state index in [4.69, 9.17) is 9.15 Å². The van der Waals surface area contributed by atoms with Gasteiger partial charge in [-0.3, -0.25) is 4.79 Å². The zero-order valence-corrected chi connectivity index (χ0v) is 17.2. The molecule has 7 heteroatoms. The van der Waals surface area contributed by atoms with Gasteiger partial charge in [0.1, 0.15) is 17.4 Å². The Morgan fingerprint density at radius 1 is 1.17 bits per heavy atom. The van der Waals surface area contributed by atoms with E-state index in [1.807, 2.05) is 13.0 Å². The molecule has 0 aliphatic heterocycles. The maximum atomic E-state index is 12.3. The van der Waals surface area contributed by atoms with E-state index < -0.39 is 29.6 Å². The Hall–Kier alpha value is -2.83. The number of nitrogens with one attached hydrogen (secondary N) is 1. The minimum absolute atomic E-state index is 0.367. The van der Waals surface area contributed by atoms with Crippen LogP contribution >= 0.6 is 0 Å². The Bertz CT molecular complexity index is 904. The smallest absolute Gasteiger partial charge is 0.336 e. The molecule has 2 atom stereocenters. The summed E-state index contributed by atoms with van der Waals surface area (Å²) >= 11 is 0. The molecule has 1 heterocycles. The number of aryl methyl sites for hydroxylation is 1. The van der Waals surface area contributed by atoms with Crippen molar-refractivity contribution in [2.75, 3.05) is 0 Å². The van der Waals surface area contributed by atoms with Crippen molar-refractivity contribution in [1.29, 1.82) is 0 Å². The maximum Gasteiger partial charge on any atom is 0.336 e. The number of ether oxygens (including phenoxy) is 1. The lowest BCUT2D eigenvalue weighted by Gasteiger charge is -2.19. The highest BCUT2D eigenvalue weighted by atomic mass is 16.5. The molecule has 0 radical (unpaired) electrons. The van der Waals surface area contributed by atoms with Gasteiger partial charge in [0.25, 0.3) is 5.91 Å². The molecule has 0 bridgehead atoms. The third kappa shape index (κ3) is 6.34. The number of hydrogen-bond acceptors (Lipinski definition) is 5. The fourth-order valence-corrected chi connectivity index (χ4v) is 3.07. The van der Waals surface area contributed by atoms with E-state index in [9.17, 15) is 19.5 Å². The van der Waals surface area contributed by atoms with Gasteiger partial charge in [-0.25, -0.2) is 9.59 Å². The molecule has 2 N–H and O–H groups in total. The molecule has 0 saturated carbocycles. The largest absolute Gasteiger partial charge is 0.481 e. The normalized spacial score (nSPS) is 13.1. The fraction of sp³-hybridized carbons (Fsp3) is 0.500. The molecule has 7 nitrogen and oxygen atoms in total. The second-order valence-corrected chi connectivity index (χ2v) is 7.15. The number of carboxylic acid groups (broad SMARTS) is 1. The summed E-state index contributed by atoms with van der Waals surface area (Å²) in [5.74, 6) is -1.20. The van der Waals surface area contributed by atoms with Crippen LogP contribution in [-0.4, -0.2) is 29.1 Å². The van der Waals surface area contributed by atoms with E-state index in [0.717, 1.165) is 36.6 Å². The average Bonchev–Trinajstić information content (AvgIpc) is 2.68. The number of carboxylic acids is 1. The summed E-state index contributed by atoms with van der Waals surface area (Å²) < 4.78 is 11.0. The summed E-state index contributed by atoms with van der Waals surface area (Å²) in [5, 5.41) is 12.6. The number of carbonyl (C=O) groups excluding carboxylic acids is 1. The lowest BCUT2D eigenvalue weighted by molar-refractivity contribution is -0.143. The Morgan fingerprint density at radius 2 is 1.90 bits per heavy atom. The lowest BCUT2D eigenvalue weighted by atomic mass is 10.0. The average molecular weight is 403 g/mol. The predicted octanol–water partition coefficient (Wildman–Crippen LogP) is 3.66. The zero-order valence-electron chi connectivity index (χ0n) is 17.2. The first-order valence-electron chi connectivity index (χ1n) is 10.1. The van der Waals surface area contributed by atoms with Crippen LogP contribution in [0.4, 0.5) is 0 Å². The van der Waals surface area contributed by atoms with E-state index in [0.29, 0.717) is 24.2 Å². The summed E-state index contributed by atoms with van der Waals surface area (Å²) in [6.45, 7) is 5.59. The van der Waals surface area contributed by atoms with Crippen molar-refractivity contribution in [2.24, 2.45) is 0 Å². The number of aliphatic carboxylic acids is 1. The molecule has 0 unspecified atom stereocenters. The Kier molecular flexibility index (Phi) is 8.24. The first kappa shape index (κ1) is 22.5. The molecule has 158 valence electrons. The van der Waals surface area contributed by atoms with Gasteiger partial charge in [-0.1, -0.05) is 33.1 Å². The maximum absolute atomic E-state index is 12.3. The number of hydrogen-bond donors (Lipinski definition) is 2. The molecule has 0 saturated heterocycles. The van der Waals surface area contributed by atoms with Crippen molar-refractivity contribution in [2.45, 2.75) is 71.4 Å². The molecule has 1 amide bonds. The Labute approximate surface area is 170 Å². The van der Waals surface area contributed by atoms with E-state index in [1.54, 1.807) is 19.1 Å². The molecule has 0 aliphatic carbocycles. The van der Waals surface area contributed by atoms with Crippen LogP contribution in [0.2, 0.25) is 0 Å². The van der Waals surface area contributed by atoms with Crippen LogP contribution in [0, 0.1) is 0 Å². The number of amides is 1. The van der Waals surface area contributed by atoms with Gasteiger partial charge in [0.05, 0.1) is 0 Å². The molecule has 1 aromatic heterocycles. The molecule has 2 rings (SSSR count). The van der Waals surface area contributed by atoms with Gasteiger partial charge in [0.2, 0.25) is 0 Å². The van der Waals surface area contributed by atoms with Crippen LogP contribution in [0.5, 0.6) is 5.75 Å². The number of carbonyl (C=O) groups is 2. The highest BCUT2D eigenvalue weighted by Crippen LogP contribution is 2.24. The third-order valence-electron chi connectivity index (χ3n) is 4.74. The Morgan fingerprint density at radius 3 is 2.55 bits per heavy atom. The van der Waals surface area contributed by atoms with Crippen molar-refractivity contribution in [3.05, 3.63) is 40.2 Å². The first-order chi connectivity index (χ1) is 13.8. The van der Waals surface area contributed by atoms with Crippen molar-refractivity contribution < 1.29 is 23.8 Å². The zero-order chi connectivity index (χ0) is 21.4. The second-order valence-electron chi connectivity index (χ2n) is 7.15. The van der Waals surface area contributed by atoms with Crippen LogP contribution in [0.1, 0.15) is 58.4 Å². The summed E-state index contributed by atoms with van der Waals surface area (Å²) in [4.78, 5) is 35.5. The minimum atomic E-state index is -1.06. The quantitative estimate of drug-likeness (QED) is 0.555. The van der Waals surface area contributed by atoms with Crippen molar-refractivity contribution in [3.63, 3.8) is 0 Å². The van der Waals surface area contributed by atoms with Crippen LogP contribution in [0.15, 0.2) is 33.5 Å². The molecule has 1 aromatic carbocycles. The molecule has 2 aromatic rings. The van der Waals surface area contributed by atoms with Crippen LogP contribution in [0.25, 0.3) is 11.0 Å². The van der Waals surface area contributed by atoms with Gasteiger partial charge in [-0.2, -0.15) is 0 Å². The molecule has 0 fully saturated rings.